The van der Waals surface area contributed by atoms with Crippen molar-refractivity contribution in [1.82, 2.24) is 20.0 Å². The first-order valence-corrected chi connectivity index (χ1v) is 12.7. The summed E-state index contributed by atoms with van der Waals surface area (Å²) >= 11 is 0. The molecule has 0 spiro atoms. The molecule has 1 aliphatic rings. The van der Waals surface area contributed by atoms with Gasteiger partial charge in [-0.3, -0.25) is 19.7 Å². The van der Waals surface area contributed by atoms with Crippen LogP contribution in [0, 0.1) is 6.92 Å². The third-order valence-corrected chi connectivity index (χ3v) is 7.00. The number of carbonyl (C=O) groups is 2. The van der Waals surface area contributed by atoms with Crippen molar-refractivity contribution in [2.24, 2.45) is 0 Å². The normalized spacial score (nSPS) is 16.0. The minimum absolute atomic E-state index is 0.0459. The lowest BCUT2D eigenvalue weighted by molar-refractivity contribution is -0.135. The van der Waals surface area contributed by atoms with Gasteiger partial charge in [0.2, 0.25) is 10.0 Å². The zero-order valence-corrected chi connectivity index (χ0v) is 20.0. The van der Waals surface area contributed by atoms with Crippen LogP contribution < -0.4 is 15.5 Å². The fourth-order valence-electron chi connectivity index (χ4n) is 3.65. The number of sulfonamides is 1. The molecular formula is C23H30N4O6S. The van der Waals surface area contributed by atoms with Crippen LogP contribution in [0.25, 0.3) is 0 Å². The topological polar surface area (TPSA) is 128 Å². The van der Waals surface area contributed by atoms with Crippen LogP contribution in [-0.4, -0.2) is 79.7 Å². The molecule has 11 heteroatoms. The van der Waals surface area contributed by atoms with E-state index in [1.807, 2.05) is 31.2 Å². The number of ether oxygens (including phenoxy) is 1. The highest BCUT2D eigenvalue weighted by molar-refractivity contribution is 7.88. The van der Waals surface area contributed by atoms with Crippen LogP contribution in [0.4, 0.5) is 0 Å². The maximum absolute atomic E-state index is 12.6. The van der Waals surface area contributed by atoms with Crippen LogP contribution in [0.15, 0.2) is 48.5 Å². The number of rotatable bonds is 9. The van der Waals surface area contributed by atoms with Gasteiger partial charge in [-0.05, 0) is 36.8 Å². The lowest BCUT2D eigenvalue weighted by Crippen LogP contribution is -2.58. The fraction of sp³-hybridized carbons (Fsp3) is 0.391. The lowest BCUT2D eigenvalue weighted by atomic mass is 10.1. The number of nitrogens with zero attached hydrogens (tertiary/aromatic N) is 2. The molecule has 0 unspecified atom stereocenters. The molecule has 0 aromatic heterocycles. The Morgan fingerprint density at radius 3 is 2.21 bits per heavy atom. The molecule has 10 nitrogen and oxygen atoms in total. The minimum atomic E-state index is -3.31. The average Bonchev–Trinajstić information content (AvgIpc) is 2.83. The van der Waals surface area contributed by atoms with E-state index in [4.69, 9.17) is 9.94 Å². The van der Waals surface area contributed by atoms with Gasteiger partial charge < -0.3 is 10.1 Å². The number of benzene rings is 2. The first kappa shape index (κ1) is 25.6. The van der Waals surface area contributed by atoms with E-state index in [-0.39, 0.29) is 25.5 Å². The lowest BCUT2D eigenvalue weighted by Gasteiger charge is -2.37. The molecule has 2 amide bonds. The van der Waals surface area contributed by atoms with Gasteiger partial charge in [-0.15, -0.1) is 0 Å². The third kappa shape index (κ3) is 7.00. The average molecular weight is 491 g/mol. The van der Waals surface area contributed by atoms with Gasteiger partial charge in [-0.25, -0.2) is 13.9 Å². The van der Waals surface area contributed by atoms with Crippen LogP contribution >= 0.6 is 0 Å². The maximum atomic E-state index is 12.6. The molecule has 0 radical (unpaired) electrons. The number of hydrogen-bond donors (Lipinski definition) is 3. The molecule has 34 heavy (non-hydrogen) atoms. The summed E-state index contributed by atoms with van der Waals surface area (Å²) in [6.45, 7) is 3.44. The van der Waals surface area contributed by atoms with E-state index >= 15 is 0 Å². The van der Waals surface area contributed by atoms with Crippen molar-refractivity contribution in [1.29, 1.82) is 0 Å². The Kier molecular flexibility index (Phi) is 8.61. The summed E-state index contributed by atoms with van der Waals surface area (Å²) in [5.41, 5.74) is 4.24. The zero-order valence-electron chi connectivity index (χ0n) is 19.2. The number of piperazine rings is 1. The Bertz CT molecular complexity index is 1080. The minimum Gasteiger partial charge on any atom is -0.489 e. The number of hydroxylamine groups is 1. The molecule has 0 saturated carbocycles. The van der Waals surface area contributed by atoms with Crippen molar-refractivity contribution in [3.05, 3.63) is 65.2 Å². The highest BCUT2D eigenvalue weighted by Gasteiger charge is 2.31. The van der Waals surface area contributed by atoms with E-state index in [1.54, 1.807) is 34.6 Å². The molecule has 1 heterocycles. The SMILES string of the molecule is Cc1ccc(COc2ccc(C(=O)NC[C@@H](C(=O)NO)N3CCN(S(C)(=O)=O)CC3)cc2)cc1. The smallest absolute Gasteiger partial charge is 0.262 e. The molecule has 1 fully saturated rings. The van der Waals surface area contributed by atoms with Crippen molar-refractivity contribution in [2.75, 3.05) is 39.0 Å². The van der Waals surface area contributed by atoms with E-state index < -0.39 is 22.0 Å². The van der Waals surface area contributed by atoms with Gasteiger partial charge in [0.05, 0.1) is 6.26 Å². The van der Waals surface area contributed by atoms with Crippen molar-refractivity contribution >= 4 is 21.8 Å². The summed E-state index contributed by atoms with van der Waals surface area (Å²) in [5.74, 6) is -0.429. The van der Waals surface area contributed by atoms with E-state index in [1.165, 1.54) is 9.87 Å². The number of aryl methyl sites for hydroxylation is 1. The molecular weight excluding hydrogens is 460 g/mol. The number of nitrogens with one attached hydrogen (secondary N) is 2. The first-order chi connectivity index (χ1) is 16.2. The first-order valence-electron chi connectivity index (χ1n) is 10.9. The van der Waals surface area contributed by atoms with Gasteiger partial charge in [0, 0.05) is 38.3 Å². The standard InChI is InChI=1S/C23H30N4O6S/c1-17-3-5-18(6-4-17)16-33-20-9-7-19(8-10-20)22(28)24-15-21(23(29)25-30)26-11-13-27(14-12-26)34(2,31)32/h3-10,21,30H,11-16H2,1-2H3,(H,24,28)(H,25,29)/t21-/m0/s1. The number of amides is 2. The highest BCUT2D eigenvalue weighted by atomic mass is 32.2. The molecule has 1 aliphatic heterocycles. The Hall–Kier alpha value is -2.99. The summed E-state index contributed by atoms with van der Waals surface area (Å²) in [5, 5.41) is 11.8. The summed E-state index contributed by atoms with van der Waals surface area (Å²) in [6, 6.07) is 13.8. The predicted molar refractivity (Wildman–Crippen MR) is 126 cm³/mol. The summed E-state index contributed by atoms with van der Waals surface area (Å²) in [6.07, 6.45) is 1.14. The summed E-state index contributed by atoms with van der Waals surface area (Å²) in [7, 11) is -3.31. The monoisotopic (exact) mass is 490 g/mol. The van der Waals surface area contributed by atoms with Crippen LogP contribution in [-0.2, 0) is 21.4 Å². The number of carbonyl (C=O) groups excluding carboxylic acids is 2. The molecule has 1 atom stereocenters. The van der Waals surface area contributed by atoms with Crippen LogP contribution in [0.2, 0.25) is 0 Å². The quantitative estimate of drug-likeness (QED) is 0.350. The Labute approximate surface area is 199 Å². The van der Waals surface area contributed by atoms with Gasteiger partial charge in [-0.2, -0.15) is 4.31 Å². The summed E-state index contributed by atoms with van der Waals surface area (Å²) < 4.78 is 30.5. The second-order valence-electron chi connectivity index (χ2n) is 8.20. The molecule has 0 aliphatic carbocycles. The van der Waals surface area contributed by atoms with Crippen LogP contribution in [0.1, 0.15) is 21.5 Å². The second kappa shape index (κ2) is 11.4. The largest absolute Gasteiger partial charge is 0.489 e. The highest BCUT2D eigenvalue weighted by Crippen LogP contribution is 2.15. The van der Waals surface area contributed by atoms with Crippen molar-refractivity contribution < 1.29 is 28.0 Å². The van der Waals surface area contributed by atoms with Gasteiger partial charge in [-0.1, -0.05) is 29.8 Å². The third-order valence-electron chi connectivity index (χ3n) is 5.69. The van der Waals surface area contributed by atoms with Gasteiger partial charge in [0.15, 0.2) is 0 Å². The van der Waals surface area contributed by atoms with Crippen molar-refractivity contribution in [3.63, 3.8) is 0 Å². The van der Waals surface area contributed by atoms with Crippen LogP contribution in [0.3, 0.4) is 0 Å². The van der Waals surface area contributed by atoms with Crippen molar-refractivity contribution in [3.8, 4) is 5.75 Å². The Balaban J connectivity index is 1.53. The molecule has 2 aromatic rings. The molecule has 0 bridgehead atoms. The van der Waals surface area contributed by atoms with E-state index in [2.05, 4.69) is 5.32 Å². The maximum Gasteiger partial charge on any atom is 0.262 e. The van der Waals surface area contributed by atoms with Crippen molar-refractivity contribution in [2.45, 2.75) is 19.6 Å². The molecule has 2 aromatic carbocycles. The molecule has 1 saturated heterocycles. The van der Waals surface area contributed by atoms with E-state index in [0.29, 0.717) is 31.0 Å². The molecule has 3 rings (SSSR count). The Morgan fingerprint density at radius 1 is 1.03 bits per heavy atom. The van der Waals surface area contributed by atoms with Gasteiger partial charge in [0.25, 0.3) is 11.8 Å². The second-order valence-corrected chi connectivity index (χ2v) is 10.2. The zero-order chi connectivity index (χ0) is 24.7. The molecule has 184 valence electrons. The Morgan fingerprint density at radius 2 is 1.65 bits per heavy atom. The van der Waals surface area contributed by atoms with Gasteiger partial charge in [0.1, 0.15) is 18.4 Å². The number of hydrogen-bond acceptors (Lipinski definition) is 7. The van der Waals surface area contributed by atoms with E-state index in [0.717, 1.165) is 11.8 Å². The van der Waals surface area contributed by atoms with Crippen LogP contribution in [0.5, 0.6) is 5.75 Å². The molecule has 3 N–H and O–H groups in total. The predicted octanol–water partition coefficient (Wildman–Crippen LogP) is 0.755. The van der Waals surface area contributed by atoms with Gasteiger partial charge >= 0.3 is 0 Å². The van der Waals surface area contributed by atoms with E-state index in [9.17, 15) is 18.0 Å². The fourth-order valence-corrected chi connectivity index (χ4v) is 4.48. The summed E-state index contributed by atoms with van der Waals surface area (Å²) in [4.78, 5) is 26.5.